The molecule has 0 saturated carbocycles. The van der Waals surface area contributed by atoms with Gasteiger partial charge in [0.05, 0.1) is 6.10 Å². The maximum atomic E-state index is 12.5. The van der Waals surface area contributed by atoms with Crippen molar-refractivity contribution in [3.63, 3.8) is 0 Å². The van der Waals surface area contributed by atoms with Gasteiger partial charge < -0.3 is 4.74 Å². The fraction of sp³-hybridized carbons (Fsp3) is 0.385. The van der Waals surface area contributed by atoms with Crippen LogP contribution in [0.4, 0.5) is 13.2 Å². The SMILES string of the molecule is FC(F)(F)[C@@H]1C=CC[C@H](Cc2ccccc2)O1. The highest BCUT2D eigenvalue weighted by atomic mass is 19.4. The Hall–Kier alpha value is -1.29. The van der Waals surface area contributed by atoms with Crippen LogP contribution in [0.2, 0.25) is 0 Å². The summed E-state index contributed by atoms with van der Waals surface area (Å²) in [6.07, 6.45) is -2.79. The van der Waals surface area contributed by atoms with Gasteiger partial charge in [0.1, 0.15) is 0 Å². The van der Waals surface area contributed by atoms with Gasteiger partial charge in [-0.1, -0.05) is 42.5 Å². The first-order chi connectivity index (χ1) is 8.05. The van der Waals surface area contributed by atoms with Crippen molar-refractivity contribution in [2.24, 2.45) is 0 Å². The minimum absolute atomic E-state index is 0.394. The zero-order chi connectivity index (χ0) is 12.3. The molecule has 17 heavy (non-hydrogen) atoms. The van der Waals surface area contributed by atoms with Crippen molar-refractivity contribution in [2.45, 2.75) is 31.2 Å². The average Bonchev–Trinajstić information content (AvgIpc) is 2.29. The third-order valence-electron chi connectivity index (χ3n) is 2.68. The summed E-state index contributed by atoms with van der Waals surface area (Å²) in [6, 6.07) is 9.41. The quantitative estimate of drug-likeness (QED) is 0.721. The monoisotopic (exact) mass is 242 g/mol. The molecule has 1 heterocycles. The zero-order valence-electron chi connectivity index (χ0n) is 9.15. The molecular weight excluding hydrogens is 229 g/mol. The van der Waals surface area contributed by atoms with Crippen LogP contribution >= 0.6 is 0 Å². The predicted octanol–water partition coefficient (Wildman–Crippen LogP) is 3.51. The van der Waals surface area contributed by atoms with Crippen molar-refractivity contribution in [2.75, 3.05) is 0 Å². The third-order valence-corrected chi connectivity index (χ3v) is 2.68. The first-order valence-corrected chi connectivity index (χ1v) is 5.48. The van der Waals surface area contributed by atoms with Crippen LogP contribution in [0.5, 0.6) is 0 Å². The summed E-state index contributed by atoms with van der Waals surface area (Å²) < 4.78 is 42.5. The number of halogens is 3. The van der Waals surface area contributed by atoms with Crippen LogP contribution in [0.3, 0.4) is 0 Å². The Morgan fingerprint density at radius 1 is 1.18 bits per heavy atom. The van der Waals surface area contributed by atoms with Gasteiger partial charge in [-0.2, -0.15) is 13.2 Å². The van der Waals surface area contributed by atoms with Gasteiger partial charge in [0.2, 0.25) is 0 Å². The highest BCUT2D eigenvalue weighted by Gasteiger charge is 2.41. The number of hydrogen-bond donors (Lipinski definition) is 0. The molecule has 4 heteroatoms. The van der Waals surface area contributed by atoms with E-state index < -0.39 is 18.4 Å². The average molecular weight is 242 g/mol. The molecule has 0 radical (unpaired) electrons. The van der Waals surface area contributed by atoms with E-state index in [1.54, 1.807) is 6.08 Å². The fourth-order valence-electron chi connectivity index (χ4n) is 1.86. The second kappa shape index (κ2) is 4.92. The smallest absolute Gasteiger partial charge is 0.361 e. The predicted molar refractivity (Wildman–Crippen MR) is 58.6 cm³/mol. The Morgan fingerprint density at radius 3 is 2.53 bits per heavy atom. The summed E-state index contributed by atoms with van der Waals surface area (Å²) in [7, 11) is 0. The lowest BCUT2D eigenvalue weighted by molar-refractivity contribution is -0.218. The minimum atomic E-state index is -4.31. The molecular formula is C13H13F3O. The third kappa shape index (κ3) is 3.33. The fourth-order valence-corrected chi connectivity index (χ4v) is 1.86. The minimum Gasteiger partial charge on any atom is -0.361 e. The van der Waals surface area contributed by atoms with Gasteiger partial charge >= 0.3 is 6.18 Å². The van der Waals surface area contributed by atoms with Crippen LogP contribution in [0.25, 0.3) is 0 Å². The Kier molecular flexibility index (Phi) is 3.52. The highest BCUT2D eigenvalue weighted by Crippen LogP contribution is 2.29. The molecule has 0 amide bonds. The molecule has 1 aliphatic heterocycles. The van der Waals surface area contributed by atoms with Gasteiger partial charge in [0.25, 0.3) is 0 Å². The first-order valence-electron chi connectivity index (χ1n) is 5.48. The number of rotatable bonds is 2. The van der Waals surface area contributed by atoms with Gasteiger partial charge in [-0.15, -0.1) is 0 Å². The van der Waals surface area contributed by atoms with Crippen LogP contribution < -0.4 is 0 Å². The lowest BCUT2D eigenvalue weighted by Crippen LogP contribution is -2.36. The van der Waals surface area contributed by atoms with E-state index in [-0.39, 0.29) is 0 Å². The van der Waals surface area contributed by atoms with Crippen LogP contribution in [-0.2, 0) is 11.2 Å². The van der Waals surface area contributed by atoms with Gasteiger partial charge in [-0.25, -0.2) is 0 Å². The topological polar surface area (TPSA) is 9.23 Å². The maximum absolute atomic E-state index is 12.5. The lowest BCUT2D eigenvalue weighted by Gasteiger charge is -2.27. The van der Waals surface area contributed by atoms with Crippen LogP contribution in [0.1, 0.15) is 12.0 Å². The lowest BCUT2D eigenvalue weighted by atomic mass is 10.0. The molecule has 0 spiro atoms. The molecule has 2 rings (SSSR count). The van der Waals surface area contributed by atoms with E-state index in [0.717, 1.165) is 11.6 Å². The van der Waals surface area contributed by atoms with Crippen molar-refractivity contribution in [1.82, 2.24) is 0 Å². The number of ether oxygens (including phenoxy) is 1. The van der Waals surface area contributed by atoms with E-state index >= 15 is 0 Å². The van der Waals surface area contributed by atoms with E-state index in [1.807, 2.05) is 30.3 Å². The highest BCUT2D eigenvalue weighted by molar-refractivity contribution is 5.16. The zero-order valence-corrected chi connectivity index (χ0v) is 9.15. The van der Waals surface area contributed by atoms with Crippen LogP contribution in [0, 0.1) is 0 Å². The van der Waals surface area contributed by atoms with E-state index in [4.69, 9.17) is 4.74 Å². The Balaban J connectivity index is 1.99. The molecule has 1 aliphatic rings. The molecule has 1 aromatic rings. The standard InChI is InChI=1S/C13H13F3O/c14-13(15,16)12-8-4-7-11(17-12)9-10-5-2-1-3-6-10/h1-6,8,11-12H,7,9H2/t11-,12+/m1/s1. The van der Waals surface area contributed by atoms with Gasteiger partial charge in [-0.05, 0) is 18.4 Å². The summed E-state index contributed by atoms with van der Waals surface area (Å²) in [4.78, 5) is 0. The summed E-state index contributed by atoms with van der Waals surface area (Å²) >= 11 is 0. The summed E-state index contributed by atoms with van der Waals surface area (Å²) in [5, 5.41) is 0. The van der Waals surface area contributed by atoms with Crippen LogP contribution in [-0.4, -0.2) is 18.4 Å². The Labute approximate surface area is 97.9 Å². The normalized spacial score (nSPS) is 24.9. The molecule has 2 atom stereocenters. The largest absolute Gasteiger partial charge is 0.418 e. The summed E-state index contributed by atoms with van der Waals surface area (Å²) in [5.41, 5.74) is 0.994. The Morgan fingerprint density at radius 2 is 1.88 bits per heavy atom. The molecule has 0 saturated heterocycles. The van der Waals surface area contributed by atoms with E-state index in [9.17, 15) is 13.2 Å². The van der Waals surface area contributed by atoms with E-state index in [0.29, 0.717) is 12.8 Å². The second-order valence-corrected chi connectivity index (χ2v) is 4.07. The van der Waals surface area contributed by atoms with E-state index in [1.165, 1.54) is 0 Å². The number of hydrogen-bond acceptors (Lipinski definition) is 1. The molecule has 0 aliphatic carbocycles. The second-order valence-electron chi connectivity index (χ2n) is 4.07. The molecule has 0 fully saturated rings. The van der Waals surface area contributed by atoms with Gasteiger partial charge in [-0.3, -0.25) is 0 Å². The molecule has 1 nitrogen and oxygen atoms in total. The van der Waals surface area contributed by atoms with Crippen molar-refractivity contribution < 1.29 is 17.9 Å². The van der Waals surface area contributed by atoms with Crippen molar-refractivity contribution in [3.05, 3.63) is 48.0 Å². The molecule has 0 unspecified atom stereocenters. The molecule has 0 N–H and O–H groups in total. The summed E-state index contributed by atoms with van der Waals surface area (Å²) in [5.74, 6) is 0. The molecule has 0 bridgehead atoms. The van der Waals surface area contributed by atoms with Gasteiger partial charge in [0.15, 0.2) is 6.10 Å². The number of benzene rings is 1. The maximum Gasteiger partial charge on any atom is 0.418 e. The number of alkyl halides is 3. The van der Waals surface area contributed by atoms with Gasteiger partial charge in [0, 0.05) is 0 Å². The molecule has 92 valence electrons. The molecule has 1 aromatic carbocycles. The Bertz CT molecular complexity index is 383. The van der Waals surface area contributed by atoms with Crippen molar-refractivity contribution in [1.29, 1.82) is 0 Å². The van der Waals surface area contributed by atoms with Crippen molar-refractivity contribution >= 4 is 0 Å². The first kappa shape index (κ1) is 12.2. The van der Waals surface area contributed by atoms with Crippen LogP contribution in [0.15, 0.2) is 42.5 Å². The molecule has 0 aromatic heterocycles. The van der Waals surface area contributed by atoms with E-state index in [2.05, 4.69) is 0 Å². The van der Waals surface area contributed by atoms with Crippen molar-refractivity contribution in [3.8, 4) is 0 Å². The summed E-state index contributed by atoms with van der Waals surface area (Å²) in [6.45, 7) is 0.